The predicted molar refractivity (Wildman–Crippen MR) is 39.7 cm³/mol. The molecular formula is C6H15ClO2. The van der Waals surface area contributed by atoms with Gasteiger partial charge in [0.2, 0.25) is 0 Å². The first-order chi connectivity index (χ1) is 4.15. The Balaban J connectivity index is 0. The number of aliphatic hydroxyl groups excluding tert-OH is 1. The summed E-state index contributed by atoms with van der Waals surface area (Å²) in [4.78, 5) is 0. The number of halogens is 1. The Labute approximate surface area is 61.8 Å². The topological polar surface area (TPSA) is 29.5 Å². The maximum absolute atomic E-state index is 7.82. The molecule has 3 heteroatoms. The summed E-state index contributed by atoms with van der Waals surface area (Å²) < 4.78 is 4.83. The van der Waals surface area contributed by atoms with Gasteiger partial charge in [0, 0.05) is 13.2 Å². The van der Waals surface area contributed by atoms with Crippen molar-refractivity contribution >= 4 is 11.6 Å². The molecular weight excluding hydrogens is 140 g/mol. The normalized spacial score (nSPS) is 11.7. The fourth-order valence-electron chi connectivity index (χ4n) is 0.204. The summed E-state index contributed by atoms with van der Waals surface area (Å²) in [6, 6.07) is 0. The summed E-state index contributed by atoms with van der Waals surface area (Å²) in [6.45, 7) is 7.15. The van der Waals surface area contributed by atoms with E-state index in [9.17, 15) is 0 Å². The van der Waals surface area contributed by atoms with Gasteiger partial charge in [-0.3, -0.25) is 0 Å². The van der Waals surface area contributed by atoms with E-state index in [0.717, 1.165) is 13.2 Å². The molecule has 0 aromatic rings. The molecule has 0 aliphatic rings. The molecule has 1 atom stereocenters. The van der Waals surface area contributed by atoms with Gasteiger partial charge in [0.15, 0.2) is 0 Å². The standard InChI is InChI=1S/C4H10O.C2H5ClO/c1-3-5-4-2;1-2(3)4/h3-4H2,1-2H3;2,4H,1H3. The lowest BCUT2D eigenvalue weighted by Crippen LogP contribution is -1.84. The third kappa shape index (κ3) is 64.8. The number of aliphatic hydroxyl groups is 1. The van der Waals surface area contributed by atoms with Crippen molar-refractivity contribution in [1.82, 2.24) is 0 Å². The molecule has 2 nitrogen and oxygen atoms in total. The first-order valence-corrected chi connectivity index (χ1v) is 3.48. The van der Waals surface area contributed by atoms with Crippen molar-refractivity contribution in [2.24, 2.45) is 0 Å². The second-order valence-corrected chi connectivity index (χ2v) is 1.99. The van der Waals surface area contributed by atoms with Crippen LogP contribution in [0, 0.1) is 0 Å². The first-order valence-electron chi connectivity index (χ1n) is 3.05. The van der Waals surface area contributed by atoms with Crippen LogP contribution in [0.15, 0.2) is 0 Å². The summed E-state index contributed by atoms with van der Waals surface area (Å²) in [5.41, 5.74) is -0.694. The minimum Gasteiger partial charge on any atom is -0.382 e. The van der Waals surface area contributed by atoms with Crippen molar-refractivity contribution in [3.63, 3.8) is 0 Å². The van der Waals surface area contributed by atoms with Gasteiger partial charge in [0.25, 0.3) is 0 Å². The monoisotopic (exact) mass is 154 g/mol. The van der Waals surface area contributed by atoms with Crippen LogP contribution in [0.4, 0.5) is 0 Å². The molecule has 0 bridgehead atoms. The lowest BCUT2D eigenvalue weighted by Gasteiger charge is -1.86. The van der Waals surface area contributed by atoms with Gasteiger partial charge in [-0.2, -0.15) is 0 Å². The molecule has 0 aromatic carbocycles. The van der Waals surface area contributed by atoms with Crippen LogP contribution >= 0.6 is 11.6 Å². The van der Waals surface area contributed by atoms with Gasteiger partial charge in [0.1, 0.15) is 5.56 Å². The smallest absolute Gasteiger partial charge is 0.125 e. The van der Waals surface area contributed by atoms with Gasteiger partial charge < -0.3 is 9.84 Å². The molecule has 0 aromatic heterocycles. The lowest BCUT2D eigenvalue weighted by atomic mass is 10.8. The fraction of sp³-hybridized carbons (Fsp3) is 1.00. The largest absolute Gasteiger partial charge is 0.382 e. The zero-order valence-corrected chi connectivity index (χ0v) is 6.98. The van der Waals surface area contributed by atoms with Crippen LogP contribution in [0.5, 0.6) is 0 Å². The molecule has 0 spiro atoms. The van der Waals surface area contributed by atoms with Gasteiger partial charge in [-0.15, -0.1) is 0 Å². The molecule has 0 rings (SSSR count). The van der Waals surface area contributed by atoms with Crippen molar-refractivity contribution < 1.29 is 9.84 Å². The first kappa shape index (κ1) is 11.9. The highest BCUT2D eigenvalue weighted by atomic mass is 35.5. The van der Waals surface area contributed by atoms with Gasteiger partial charge in [-0.1, -0.05) is 11.6 Å². The van der Waals surface area contributed by atoms with Crippen molar-refractivity contribution in [2.75, 3.05) is 13.2 Å². The minimum atomic E-state index is -0.694. The van der Waals surface area contributed by atoms with Crippen LogP contribution in [-0.4, -0.2) is 23.9 Å². The second kappa shape index (κ2) is 11.1. The van der Waals surface area contributed by atoms with E-state index in [4.69, 9.17) is 21.4 Å². The van der Waals surface area contributed by atoms with E-state index in [1.165, 1.54) is 6.92 Å². The molecule has 1 unspecified atom stereocenters. The molecule has 0 heterocycles. The van der Waals surface area contributed by atoms with Gasteiger partial charge in [0.05, 0.1) is 0 Å². The highest BCUT2D eigenvalue weighted by Gasteiger charge is 1.72. The molecule has 0 amide bonds. The Morgan fingerprint density at radius 1 is 1.44 bits per heavy atom. The predicted octanol–water partition coefficient (Wildman–Crippen LogP) is 1.61. The highest BCUT2D eigenvalue weighted by Crippen LogP contribution is 1.79. The van der Waals surface area contributed by atoms with Gasteiger partial charge in [-0.05, 0) is 20.8 Å². The third-order valence-electron chi connectivity index (χ3n) is 0.408. The minimum absolute atomic E-state index is 0.694. The summed E-state index contributed by atoms with van der Waals surface area (Å²) in [6.07, 6.45) is 0. The Morgan fingerprint density at radius 3 is 1.67 bits per heavy atom. The van der Waals surface area contributed by atoms with E-state index in [2.05, 4.69) is 0 Å². The molecule has 0 aliphatic heterocycles. The van der Waals surface area contributed by atoms with Crippen LogP contribution in [0.25, 0.3) is 0 Å². The molecule has 0 saturated heterocycles. The summed E-state index contributed by atoms with van der Waals surface area (Å²) in [5, 5.41) is 7.82. The van der Waals surface area contributed by atoms with Crippen molar-refractivity contribution in [2.45, 2.75) is 26.3 Å². The Morgan fingerprint density at radius 2 is 1.67 bits per heavy atom. The highest BCUT2D eigenvalue weighted by molar-refractivity contribution is 6.19. The average Bonchev–Trinajstić information content (AvgIpc) is 1.66. The van der Waals surface area contributed by atoms with Gasteiger partial charge >= 0.3 is 0 Å². The number of alkyl halides is 1. The van der Waals surface area contributed by atoms with E-state index in [1.54, 1.807) is 0 Å². The van der Waals surface area contributed by atoms with Crippen LogP contribution < -0.4 is 0 Å². The molecule has 1 N–H and O–H groups in total. The van der Waals surface area contributed by atoms with Crippen LogP contribution in [0.1, 0.15) is 20.8 Å². The number of ether oxygens (including phenoxy) is 1. The molecule has 58 valence electrons. The molecule has 0 saturated carbocycles. The van der Waals surface area contributed by atoms with E-state index < -0.39 is 5.56 Å². The zero-order chi connectivity index (χ0) is 7.70. The number of hydrogen-bond donors (Lipinski definition) is 1. The summed E-state index contributed by atoms with van der Waals surface area (Å²) in [7, 11) is 0. The SMILES string of the molecule is CC(O)Cl.CCOCC. The van der Waals surface area contributed by atoms with Crippen molar-refractivity contribution in [3.8, 4) is 0 Å². The molecule has 0 aliphatic carbocycles. The number of hydrogen-bond acceptors (Lipinski definition) is 2. The Bertz CT molecular complexity index is 35.3. The van der Waals surface area contributed by atoms with E-state index in [1.807, 2.05) is 13.8 Å². The molecule has 0 fully saturated rings. The van der Waals surface area contributed by atoms with Crippen LogP contribution in [0.3, 0.4) is 0 Å². The Hall–Kier alpha value is 0.210. The maximum Gasteiger partial charge on any atom is 0.125 e. The van der Waals surface area contributed by atoms with Crippen molar-refractivity contribution in [3.05, 3.63) is 0 Å². The third-order valence-corrected chi connectivity index (χ3v) is 0.408. The number of rotatable bonds is 2. The van der Waals surface area contributed by atoms with E-state index >= 15 is 0 Å². The second-order valence-electron chi connectivity index (χ2n) is 1.36. The van der Waals surface area contributed by atoms with E-state index in [-0.39, 0.29) is 0 Å². The molecule has 0 radical (unpaired) electrons. The fourth-order valence-corrected chi connectivity index (χ4v) is 0.204. The van der Waals surface area contributed by atoms with Gasteiger partial charge in [-0.25, -0.2) is 0 Å². The van der Waals surface area contributed by atoms with Crippen molar-refractivity contribution in [1.29, 1.82) is 0 Å². The summed E-state index contributed by atoms with van der Waals surface area (Å²) >= 11 is 4.83. The Kier molecular flexibility index (Phi) is 14.7. The molecule has 9 heavy (non-hydrogen) atoms. The van der Waals surface area contributed by atoms with Crippen LogP contribution in [0.2, 0.25) is 0 Å². The quantitative estimate of drug-likeness (QED) is 0.613. The maximum atomic E-state index is 7.82. The zero-order valence-electron chi connectivity index (χ0n) is 6.22. The van der Waals surface area contributed by atoms with Crippen LogP contribution in [-0.2, 0) is 4.74 Å². The average molecular weight is 155 g/mol. The lowest BCUT2D eigenvalue weighted by molar-refractivity contribution is 0.162. The summed E-state index contributed by atoms with van der Waals surface area (Å²) in [5.74, 6) is 0. The van der Waals surface area contributed by atoms with E-state index in [0.29, 0.717) is 0 Å².